The topological polar surface area (TPSA) is 94.3 Å². The van der Waals surface area contributed by atoms with Crippen molar-refractivity contribution >= 4 is 23.2 Å². The van der Waals surface area contributed by atoms with Crippen molar-refractivity contribution in [1.29, 1.82) is 0 Å². The second-order valence-corrected chi connectivity index (χ2v) is 6.42. The summed E-state index contributed by atoms with van der Waals surface area (Å²) in [6, 6.07) is 11.0. The van der Waals surface area contributed by atoms with Gasteiger partial charge in [0.1, 0.15) is 0 Å². The van der Waals surface area contributed by atoms with Crippen LogP contribution in [-0.2, 0) is 16.1 Å². The number of carbonyl (C=O) groups is 2. The lowest BCUT2D eigenvalue weighted by molar-refractivity contribution is -0.145. The van der Waals surface area contributed by atoms with Gasteiger partial charge in [-0.15, -0.1) is 11.3 Å². The smallest absolute Gasteiger partial charge is 0.308 e. The summed E-state index contributed by atoms with van der Waals surface area (Å²) >= 11 is 1.49. The van der Waals surface area contributed by atoms with Crippen LogP contribution < -0.4 is 5.32 Å². The Morgan fingerprint density at radius 3 is 2.85 bits per heavy atom. The molecule has 0 saturated heterocycles. The Hall–Kier alpha value is -3.00. The van der Waals surface area contributed by atoms with Crippen molar-refractivity contribution in [1.82, 2.24) is 15.5 Å². The number of aryl methyl sites for hydroxylation is 1. The minimum atomic E-state index is -0.453. The van der Waals surface area contributed by atoms with E-state index < -0.39 is 5.97 Å². The largest absolute Gasteiger partial charge is 0.456 e. The standard InChI is InChI=1S/C18H17N3O4S/c1-12-5-2-3-6-13(12)18(23)19-9-8-16(22)24-11-15-20-17(21-25-15)14-7-4-10-26-14/h2-7,10H,8-9,11H2,1H3,(H,19,23). The third kappa shape index (κ3) is 4.54. The number of aromatic nitrogens is 2. The highest BCUT2D eigenvalue weighted by molar-refractivity contribution is 7.13. The minimum absolute atomic E-state index is 0.0591. The molecule has 7 nitrogen and oxygen atoms in total. The molecule has 0 aliphatic heterocycles. The van der Waals surface area contributed by atoms with Crippen molar-refractivity contribution in [3.05, 3.63) is 58.8 Å². The van der Waals surface area contributed by atoms with Crippen molar-refractivity contribution in [3.63, 3.8) is 0 Å². The molecule has 0 atom stereocenters. The summed E-state index contributed by atoms with van der Waals surface area (Å²) in [6.45, 7) is 1.96. The molecule has 0 aliphatic rings. The number of thiophene rings is 1. The molecule has 26 heavy (non-hydrogen) atoms. The van der Waals surface area contributed by atoms with Gasteiger partial charge in [-0.05, 0) is 30.0 Å². The summed E-state index contributed by atoms with van der Waals surface area (Å²) in [5.74, 6) is 0.0292. The van der Waals surface area contributed by atoms with Gasteiger partial charge in [0.25, 0.3) is 11.8 Å². The van der Waals surface area contributed by atoms with Gasteiger partial charge in [0.05, 0.1) is 11.3 Å². The normalized spacial score (nSPS) is 10.5. The SMILES string of the molecule is Cc1ccccc1C(=O)NCCC(=O)OCc1nc(-c2cccs2)no1. The maximum atomic E-state index is 12.0. The average molecular weight is 371 g/mol. The number of amides is 1. The predicted octanol–water partition coefficient (Wildman–Crippen LogP) is 2.97. The number of hydrogen-bond acceptors (Lipinski definition) is 7. The number of ether oxygens (including phenoxy) is 1. The molecule has 1 amide bonds. The highest BCUT2D eigenvalue weighted by Gasteiger charge is 2.12. The van der Waals surface area contributed by atoms with E-state index in [9.17, 15) is 9.59 Å². The second kappa shape index (κ2) is 8.39. The van der Waals surface area contributed by atoms with Crippen molar-refractivity contribution < 1.29 is 18.8 Å². The Kier molecular flexibility index (Phi) is 5.75. The fourth-order valence-electron chi connectivity index (χ4n) is 2.23. The average Bonchev–Trinajstić information content (AvgIpc) is 3.31. The van der Waals surface area contributed by atoms with E-state index in [0.29, 0.717) is 11.4 Å². The van der Waals surface area contributed by atoms with Gasteiger partial charge in [-0.3, -0.25) is 9.59 Å². The van der Waals surface area contributed by atoms with Gasteiger partial charge in [-0.25, -0.2) is 0 Å². The van der Waals surface area contributed by atoms with E-state index in [4.69, 9.17) is 9.26 Å². The second-order valence-electron chi connectivity index (χ2n) is 5.47. The molecule has 0 spiro atoms. The Morgan fingerprint density at radius 1 is 1.23 bits per heavy atom. The van der Waals surface area contributed by atoms with Crippen LogP contribution in [0.15, 0.2) is 46.3 Å². The quantitative estimate of drug-likeness (QED) is 0.642. The summed E-state index contributed by atoms with van der Waals surface area (Å²) < 4.78 is 10.1. The van der Waals surface area contributed by atoms with Crippen molar-refractivity contribution in [3.8, 4) is 10.7 Å². The van der Waals surface area contributed by atoms with Crippen molar-refractivity contribution in [2.45, 2.75) is 20.0 Å². The van der Waals surface area contributed by atoms with Crippen LogP contribution in [0.2, 0.25) is 0 Å². The molecule has 0 saturated carbocycles. The minimum Gasteiger partial charge on any atom is -0.456 e. The fraction of sp³-hybridized carbons (Fsp3) is 0.222. The van der Waals surface area contributed by atoms with Gasteiger partial charge in [-0.1, -0.05) is 29.4 Å². The fourth-order valence-corrected chi connectivity index (χ4v) is 2.88. The zero-order valence-corrected chi connectivity index (χ0v) is 14.9. The lowest BCUT2D eigenvalue weighted by Gasteiger charge is -2.07. The number of hydrogen-bond donors (Lipinski definition) is 1. The first kappa shape index (κ1) is 17.8. The van der Waals surface area contributed by atoms with E-state index >= 15 is 0 Å². The molecule has 0 aliphatic carbocycles. The van der Waals surface area contributed by atoms with E-state index in [-0.39, 0.29) is 31.4 Å². The van der Waals surface area contributed by atoms with E-state index in [2.05, 4.69) is 15.5 Å². The molecule has 0 fully saturated rings. The first-order valence-corrected chi connectivity index (χ1v) is 8.87. The van der Waals surface area contributed by atoms with Gasteiger partial charge in [0, 0.05) is 12.1 Å². The third-order valence-corrected chi connectivity index (χ3v) is 4.44. The van der Waals surface area contributed by atoms with E-state index in [1.165, 1.54) is 11.3 Å². The maximum absolute atomic E-state index is 12.0. The van der Waals surface area contributed by atoms with Crippen LogP contribution in [-0.4, -0.2) is 28.6 Å². The molecule has 2 aromatic heterocycles. The van der Waals surface area contributed by atoms with Gasteiger partial charge in [0.15, 0.2) is 6.61 Å². The first-order chi connectivity index (χ1) is 12.6. The van der Waals surface area contributed by atoms with Gasteiger partial charge >= 0.3 is 5.97 Å². The van der Waals surface area contributed by atoms with E-state index in [1.807, 2.05) is 36.6 Å². The molecular formula is C18H17N3O4S. The van der Waals surface area contributed by atoms with Gasteiger partial charge in [0.2, 0.25) is 5.82 Å². The lowest BCUT2D eigenvalue weighted by atomic mass is 10.1. The third-order valence-electron chi connectivity index (χ3n) is 3.57. The zero-order valence-electron chi connectivity index (χ0n) is 14.1. The Bertz CT molecular complexity index is 889. The van der Waals surface area contributed by atoms with E-state index in [0.717, 1.165) is 10.4 Å². The molecule has 3 rings (SSSR count). The summed E-state index contributed by atoms with van der Waals surface area (Å²) in [5, 5.41) is 8.45. The molecule has 3 aromatic rings. The molecule has 1 aromatic carbocycles. The van der Waals surface area contributed by atoms with Gasteiger partial charge < -0.3 is 14.6 Å². The molecule has 134 valence electrons. The summed E-state index contributed by atoms with van der Waals surface area (Å²) in [4.78, 5) is 28.9. The van der Waals surface area contributed by atoms with Crippen LogP contribution in [0.25, 0.3) is 10.7 Å². The van der Waals surface area contributed by atoms with Gasteiger partial charge in [-0.2, -0.15) is 4.98 Å². The molecule has 0 bridgehead atoms. The Morgan fingerprint density at radius 2 is 2.08 bits per heavy atom. The zero-order chi connectivity index (χ0) is 18.4. The number of esters is 1. The Balaban J connectivity index is 1.41. The van der Waals surface area contributed by atoms with Crippen LogP contribution in [0.3, 0.4) is 0 Å². The van der Waals surface area contributed by atoms with Crippen LogP contribution in [0.1, 0.15) is 28.2 Å². The van der Waals surface area contributed by atoms with E-state index in [1.54, 1.807) is 12.1 Å². The number of rotatable bonds is 7. The maximum Gasteiger partial charge on any atom is 0.308 e. The Labute approximate surface area is 154 Å². The number of benzene rings is 1. The molecule has 0 unspecified atom stereocenters. The van der Waals surface area contributed by atoms with Crippen molar-refractivity contribution in [2.24, 2.45) is 0 Å². The highest BCUT2D eigenvalue weighted by atomic mass is 32.1. The summed E-state index contributed by atoms with van der Waals surface area (Å²) in [7, 11) is 0. The predicted molar refractivity (Wildman–Crippen MR) is 95.5 cm³/mol. The molecule has 0 radical (unpaired) electrons. The van der Waals surface area contributed by atoms with Crippen molar-refractivity contribution in [2.75, 3.05) is 6.54 Å². The number of carbonyl (C=O) groups excluding carboxylic acids is 2. The highest BCUT2D eigenvalue weighted by Crippen LogP contribution is 2.21. The number of nitrogens with zero attached hydrogens (tertiary/aromatic N) is 2. The number of nitrogens with one attached hydrogen (secondary N) is 1. The monoisotopic (exact) mass is 371 g/mol. The van der Waals surface area contributed by atoms with Crippen LogP contribution in [0, 0.1) is 6.92 Å². The lowest BCUT2D eigenvalue weighted by Crippen LogP contribution is -2.27. The van der Waals surface area contributed by atoms with Crippen LogP contribution in [0.4, 0.5) is 0 Å². The molecule has 1 N–H and O–H groups in total. The first-order valence-electron chi connectivity index (χ1n) is 7.99. The molecule has 2 heterocycles. The van der Waals surface area contributed by atoms with Crippen LogP contribution >= 0.6 is 11.3 Å². The van der Waals surface area contributed by atoms with Crippen LogP contribution in [0.5, 0.6) is 0 Å². The summed E-state index contributed by atoms with van der Waals surface area (Å²) in [6.07, 6.45) is 0.0591. The summed E-state index contributed by atoms with van der Waals surface area (Å²) in [5.41, 5.74) is 1.47. The molecular weight excluding hydrogens is 354 g/mol. The molecule has 8 heteroatoms.